The van der Waals surface area contributed by atoms with Gasteiger partial charge in [0, 0.05) is 37.3 Å². The first-order valence-electron chi connectivity index (χ1n) is 11.9. The normalized spacial score (nSPS) is 13.1. The number of carbonyl (C=O) groups excluding carboxylic acids is 1. The van der Waals surface area contributed by atoms with Gasteiger partial charge in [0.25, 0.3) is 5.91 Å². The molecule has 1 aliphatic heterocycles. The van der Waals surface area contributed by atoms with Crippen LogP contribution in [0.2, 0.25) is 10.0 Å². The summed E-state index contributed by atoms with van der Waals surface area (Å²) >= 11 is 12.3. The van der Waals surface area contributed by atoms with Gasteiger partial charge in [-0.05, 0) is 47.5 Å². The first kappa shape index (κ1) is 27.1. The number of aromatic nitrogens is 1. The third-order valence-electron chi connectivity index (χ3n) is 6.65. The fourth-order valence-electron chi connectivity index (χ4n) is 4.64. The second-order valence-corrected chi connectivity index (χ2v) is 12.0. The second-order valence-electron chi connectivity index (χ2n) is 9.21. The van der Waals surface area contributed by atoms with Crippen LogP contribution in [0.15, 0.2) is 60.8 Å². The monoisotopic (exact) mass is 585 g/mol. The molecular weight excluding hydrogens is 561 g/mol. The summed E-state index contributed by atoms with van der Waals surface area (Å²) in [5.74, 6) is 0.730. The van der Waals surface area contributed by atoms with E-state index in [1.165, 1.54) is 11.4 Å². The molecule has 0 saturated heterocycles. The molecule has 0 spiro atoms. The number of methoxy groups -OCH3 is 1. The standard InChI is InChI=1S/C28H25Cl2N3O5S/c1-32(39(3,35)36)26-20-5-4-12-31-25(20)27(38-16-17-6-9-19(37-2)10-7-17)24-21(26)15-33(28(24)34)14-18-8-11-22(29)23(30)13-18/h4-13H,14-16H2,1-3H3. The van der Waals surface area contributed by atoms with Crippen molar-refractivity contribution in [1.29, 1.82) is 0 Å². The number of pyridine rings is 1. The van der Waals surface area contributed by atoms with Gasteiger partial charge in [-0.3, -0.25) is 14.1 Å². The van der Waals surface area contributed by atoms with Crippen LogP contribution in [0.1, 0.15) is 27.0 Å². The molecular formula is C28H25Cl2N3O5S. The van der Waals surface area contributed by atoms with E-state index in [1.807, 2.05) is 24.3 Å². The van der Waals surface area contributed by atoms with Crippen LogP contribution in [0.25, 0.3) is 10.9 Å². The van der Waals surface area contributed by atoms with Crippen LogP contribution in [-0.2, 0) is 29.7 Å². The van der Waals surface area contributed by atoms with Gasteiger partial charge in [0.05, 0.1) is 34.7 Å². The van der Waals surface area contributed by atoms with Gasteiger partial charge in [0.2, 0.25) is 10.0 Å². The van der Waals surface area contributed by atoms with Crippen LogP contribution in [-0.4, -0.2) is 44.6 Å². The minimum absolute atomic E-state index is 0.170. The molecule has 11 heteroatoms. The number of anilines is 1. The summed E-state index contributed by atoms with van der Waals surface area (Å²) < 4.78 is 38.1. The lowest BCUT2D eigenvalue weighted by molar-refractivity contribution is 0.0763. The highest BCUT2D eigenvalue weighted by Gasteiger charge is 2.37. The summed E-state index contributed by atoms with van der Waals surface area (Å²) in [6, 6.07) is 16.1. The number of benzene rings is 3. The molecule has 5 rings (SSSR count). The number of ether oxygens (including phenoxy) is 2. The van der Waals surface area contributed by atoms with E-state index in [1.54, 1.807) is 48.5 Å². The molecule has 8 nitrogen and oxygen atoms in total. The Labute approximate surface area is 236 Å². The van der Waals surface area contributed by atoms with Gasteiger partial charge in [-0.25, -0.2) is 8.42 Å². The zero-order valence-corrected chi connectivity index (χ0v) is 23.8. The number of carbonyl (C=O) groups is 1. The maximum Gasteiger partial charge on any atom is 0.258 e. The van der Waals surface area contributed by atoms with Crippen molar-refractivity contribution in [2.75, 3.05) is 24.7 Å². The highest BCUT2D eigenvalue weighted by Crippen LogP contribution is 2.45. The SMILES string of the molecule is COc1ccc(COc2c3c(c(N(C)S(C)(=O)=O)c4cccnc24)CN(Cc2ccc(Cl)c(Cl)c2)C3=O)cc1. The number of amides is 1. The van der Waals surface area contributed by atoms with E-state index in [4.69, 9.17) is 32.7 Å². The average Bonchev–Trinajstić information content (AvgIpc) is 3.23. The van der Waals surface area contributed by atoms with Crippen molar-refractivity contribution >= 4 is 55.7 Å². The lowest BCUT2D eigenvalue weighted by atomic mass is 10.0. The Balaban J connectivity index is 1.63. The van der Waals surface area contributed by atoms with Crippen LogP contribution in [0.3, 0.4) is 0 Å². The highest BCUT2D eigenvalue weighted by molar-refractivity contribution is 7.92. The first-order valence-corrected chi connectivity index (χ1v) is 14.5. The Morgan fingerprint density at radius 1 is 1.05 bits per heavy atom. The molecule has 1 amide bonds. The summed E-state index contributed by atoms with van der Waals surface area (Å²) in [5.41, 5.74) is 3.30. The maximum atomic E-state index is 13.9. The van der Waals surface area contributed by atoms with Gasteiger partial charge in [0.1, 0.15) is 17.9 Å². The minimum atomic E-state index is -3.66. The summed E-state index contributed by atoms with van der Waals surface area (Å²) in [6.45, 7) is 0.588. The van der Waals surface area contributed by atoms with E-state index in [0.29, 0.717) is 49.3 Å². The van der Waals surface area contributed by atoms with Gasteiger partial charge in [0.15, 0.2) is 5.75 Å². The predicted octanol–water partition coefficient (Wildman–Crippen LogP) is 5.68. The van der Waals surface area contributed by atoms with E-state index < -0.39 is 10.0 Å². The Morgan fingerprint density at radius 3 is 2.44 bits per heavy atom. The molecule has 39 heavy (non-hydrogen) atoms. The van der Waals surface area contributed by atoms with Gasteiger partial charge < -0.3 is 14.4 Å². The molecule has 1 aliphatic rings. The van der Waals surface area contributed by atoms with Crippen molar-refractivity contribution < 1.29 is 22.7 Å². The average molecular weight is 586 g/mol. The fraction of sp³-hybridized carbons (Fsp3) is 0.214. The summed E-state index contributed by atoms with van der Waals surface area (Å²) in [5, 5.41) is 1.37. The molecule has 1 aromatic heterocycles. The molecule has 0 fully saturated rings. The lowest BCUT2D eigenvalue weighted by Crippen LogP contribution is -2.26. The largest absolute Gasteiger partial charge is 0.497 e. The van der Waals surface area contributed by atoms with Crippen molar-refractivity contribution in [3.05, 3.63) is 93.1 Å². The number of hydrogen-bond acceptors (Lipinski definition) is 6. The molecule has 0 atom stereocenters. The number of rotatable bonds is 8. The van der Waals surface area contributed by atoms with E-state index >= 15 is 0 Å². The molecule has 0 N–H and O–H groups in total. The third-order valence-corrected chi connectivity index (χ3v) is 8.57. The summed E-state index contributed by atoms with van der Waals surface area (Å²) in [7, 11) is -0.589. The smallest absolute Gasteiger partial charge is 0.258 e. The van der Waals surface area contributed by atoms with E-state index in [0.717, 1.165) is 17.4 Å². The van der Waals surface area contributed by atoms with E-state index in [9.17, 15) is 13.2 Å². The topological polar surface area (TPSA) is 89.0 Å². The molecule has 0 bridgehead atoms. The highest BCUT2D eigenvalue weighted by atomic mass is 35.5. The molecule has 0 aliphatic carbocycles. The molecule has 2 heterocycles. The van der Waals surface area contributed by atoms with Crippen molar-refractivity contribution in [3.8, 4) is 11.5 Å². The van der Waals surface area contributed by atoms with E-state index in [-0.39, 0.29) is 25.6 Å². The fourth-order valence-corrected chi connectivity index (χ4v) is 5.50. The number of nitrogens with zero attached hydrogens (tertiary/aromatic N) is 3. The molecule has 0 unspecified atom stereocenters. The van der Waals surface area contributed by atoms with Crippen molar-refractivity contribution in [2.45, 2.75) is 19.7 Å². The van der Waals surface area contributed by atoms with Crippen LogP contribution < -0.4 is 13.8 Å². The number of fused-ring (bicyclic) bond motifs is 2. The maximum absolute atomic E-state index is 13.9. The number of halogens is 2. The van der Waals surface area contributed by atoms with Crippen molar-refractivity contribution in [1.82, 2.24) is 9.88 Å². The zero-order valence-electron chi connectivity index (χ0n) is 21.4. The van der Waals surface area contributed by atoms with Crippen LogP contribution >= 0.6 is 23.2 Å². The Bertz CT molecular complexity index is 1690. The van der Waals surface area contributed by atoms with Crippen molar-refractivity contribution in [3.63, 3.8) is 0 Å². The van der Waals surface area contributed by atoms with Gasteiger partial charge in [-0.15, -0.1) is 0 Å². The third kappa shape index (κ3) is 5.22. The molecule has 4 aromatic rings. The van der Waals surface area contributed by atoms with Crippen molar-refractivity contribution in [2.24, 2.45) is 0 Å². The Kier molecular flexibility index (Phi) is 7.33. The Morgan fingerprint density at radius 2 is 1.77 bits per heavy atom. The van der Waals surface area contributed by atoms with Gasteiger partial charge in [-0.1, -0.05) is 41.4 Å². The van der Waals surface area contributed by atoms with Gasteiger partial charge in [-0.2, -0.15) is 0 Å². The Hall–Kier alpha value is -3.53. The lowest BCUT2D eigenvalue weighted by Gasteiger charge is -2.23. The summed E-state index contributed by atoms with van der Waals surface area (Å²) in [4.78, 5) is 20.1. The number of sulfonamides is 1. The zero-order chi connectivity index (χ0) is 27.9. The molecule has 3 aromatic carbocycles. The minimum Gasteiger partial charge on any atom is -0.497 e. The van der Waals surface area contributed by atoms with Gasteiger partial charge >= 0.3 is 0 Å². The van der Waals surface area contributed by atoms with Crippen LogP contribution in [0.5, 0.6) is 11.5 Å². The molecule has 202 valence electrons. The van der Waals surface area contributed by atoms with Crippen LogP contribution in [0, 0.1) is 0 Å². The summed E-state index contributed by atoms with van der Waals surface area (Å²) in [6.07, 6.45) is 2.71. The van der Waals surface area contributed by atoms with E-state index in [2.05, 4.69) is 4.98 Å². The number of hydrogen-bond donors (Lipinski definition) is 0. The quantitative estimate of drug-likeness (QED) is 0.264. The first-order chi connectivity index (χ1) is 18.6. The molecule has 0 saturated carbocycles. The second kappa shape index (κ2) is 10.6. The predicted molar refractivity (Wildman–Crippen MR) is 152 cm³/mol. The molecule has 0 radical (unpaired) electrons. The van der Waals surface area contributed by atoms with Crippen LogP contribution in [0.4, 0.5) is 5.69 Å².